The molecular formula is C19H21ClF2N2O. The number of hydrogen-bond donors (Lipinski definition) is 0. The summed E-state index contributed by atoms with van der Waals surface area (Å²) >= 11 is 6.23. The Morgan fingerprint density at radius 1 is 1.24 bits per heavy atom. The Kier molecular flexibility index (Phi) is 6.76. The van der Waals surface area contributed by atoms with Gasteiger partial charge in [-0.2, -0.15) is 8.78 Å². The molecule has 3 nitrogen and oxygen atoms in total. The first kappa shape index (κ1) is 19.2. The Balaban J connectivity index is 2.21. The van der Waals surface area contributed by atoms with Crippen molar-refractivity contribution < 1.29 is 13.5 Å². The van der Waals surface area contributed by atoms with Crippen molar-refractivity contribution in [1.82, 2.24) is 4.90 Å². The van der Waals surface area contributed by atoms with Gasteiger partial charge in [-0.15, -0.1) is 0 Å². The van der Waals surface area contributed by atoms with Crippen LogP contribution in [0.15, 0.2) is 41.4 Å². The third kappa shape index (κ3) is 5.71. The van der Waals surface area contributed by atoms with Crippen molar-refractivity contribution in [3.8, 4) is 5.75 Å². The van der Waals surface area contributed by atoms with Crippen LogP contribution in [0.5, 0.6) is 5.75 Å². The van der Waals surface area contributed by atoms with Gasteiger partial charge in [0.2, 0.25) is 0 Å². The molecule has 134 valence electrons. The SMILES string of the molecule is CCN(C)C=Nc1cc(Cl)cc(Cc2ccc(OC(F)F)cc2)c1C. The summed E-state index contributed by atoms with van der Waals surface area (Å²) in [5.74, 6) is 0.148. The summed E-state index contributed by atoms with van der Waals surface area (Å²) in [5.41, 5.74) is 3.88. The van der Waals surface area contributed by atoms with Crippen molar-refractivity contribution in [2.75, 3.05) is 13.6 Å². The van der Waals surface area contributed by atoms with Gasteiger partial charge in [0.05, 0.1) is 12.0 Å². The summed E-state index contributed by atoms with van der Waals surface area (Å²) in [4.78, 5) is 6.47. The highest BCUT2D eigenvalue weighted by atomic mass is 35.5. The summed E-state index contributed by atoms with van der Waals surface area (Å²) in [5, 5.41) is 0.615. The number of ether oxygens (including phenoxy) is 1. The first-order valence-electron chi connectivity index (χ1n) is 7.96. The molecule has 0 bridgehead atoms. The van der Waals surface area contributed by atoms with Crippen molar-refractivity contribution >= 4 is 23.6 Å². The summed E-state index contributed by atoms with van der Waals surface area (Å²) < 4.78 is 28.8. The molecule has 2 rings (SSSR count). The topological polar surface area (TPSA) is 24.8 Å². The van der Waals surface area contributed by atoms with Crippen molar-refractivity contribution in [2.45, 2.75) is 26.9 Å². The van der Waals surface area contributed by atoms with E-state index in [1.165, 1.54) is 12.1 Å². The van der Waals surface area contributed by atoms with Crippen molar-refractivity contribution in [1.29, 1.82) is 0 Å². The zero-order valence-corrected chi connectivity index (χ0v) is 15.2. The molecule has 0 aliphatic heterocycles. The Hall–Kier alpha value is -2.14. The lowest BCUT2D eigenvalue weighted by Crippen LogP contribution is -2.14. The highest BCUT2D eigenvalue weighted by Gasteiger charge is 2.08. The molecule has 0 aliphatic carbocycles. The predicted octanol–water partition coefficient (Wildman–Crippen LogP) is 5.45. The van der Waals surface area contributed by atoms with E-state index >= 15 is 0 Å². The molecule has 0 aliphatic rings. The number of alkyl halides is 2. The van der Waals surface area contributed by atoms with Crippen LogP contribution in [0.25, 0.3) is 0 Å². The molecule has 6 heteroatoms. The molecule has 0 aromatic heterocycles. The minimum Gasteiger partial charge on any atom is -0.435 e. The molecule has 25 heavy (non-hydrogen) atoms. The average Bonchev–Trinajstić information content (AvgIpc) is 2.57. The molecular weight excluding hydrogens is 346 g/mol. The number of aliphatic imine (C=N–C) groups is 1. The molecule has 2 aromatic rings. The van der Waals surface area contributed by atoms with E-state index in [2.05, 4.69) is 9.73 Å². The van der Waals surface area contributed by atoms with E-state index in [4.69, 9.17) is 11.6 Å². The van der Waals surface area contributed by atoms with Crippen molar-refractivity contribution in [3.05, 3.63) is 58.1 Å². The number of halogens is 3. The number of nitrogens with zero attached hydrogens (tertiary/aromatic N) is 2. The first-order chi connectivity index (χ1) is 11.9. The second-order valence-corrected chi connectivity index (χ2v) is 6.16. The molecule has 0 N–H and O–H groups in total. The van der Waals surface area contributed by atoms with Gasteiger partial charge < -0.3 is 9.64 Å². The summed E-state index contributed by atoms with van der Waals surface area (Å²) in [7, 11) is 1.95. The molecule has 0 saturated carbocycles. The maximum absolute atomic E-state index is 12.2. The Morgan fingerprint density at radius 2 is 1.92 bits per heavy atom. The van der Waals surface area contributed by atoms with E-state index in [0.717, 1.165) is 28.9 Å². The average molecular weight is 367 g/mol. The third-order valence-electron chi connectivity index (χ3n) is 3.89. The minimum atomic E-state index is -2.82. The fraction of sp³-hybridized carbons (Fsp3) is 0.316. The number of hydrogen-bond acceptors (Lipinski definition) is 2. The summed E-state index contributed by atoms with van der Waals surface area (Å²) in [6.45, 7) is 2.09. The molecule has 0 radical (unpaired) electrons. The van der Waals surface area contributed by atoms with E-state index < -0.39 is 6.61 Å². The van der Waals surface area contributed by atoms with E-state index in [1.807, 2.05) is 37.9 Å². The fourth-order valence-electron chi connectivity index (χ4n) is 2.29. The van der Waals surface area contributed by atoms with Gasteiger partial charge >= 0.3 is 6.61 Å². The molecule has 0 spiro atoms. The third-order valence-corrected chi connectivity index (χ3v) is 4.11. The van der Waals surface area contributed by atoms with Gasteiger partial charge in [0, 0.05) is 18.6 Å². The predicted molar refractivity (Wildman–Crippen MR) is 98.5 cm³/mol. The van der Waals surface area contributed by atoms with Crippen LogP contribution in [0.4, 0.5) is 14.5 Å². The smallest absolute Gasteiger partial charge is 0.387 e. The number of benzene rings is 2. The van der Waals surface area contributed by atoms with Gasteiger partial charge in [-0.3, -0.25) is 0 Å². The normalized spacial score (nSPS) is 11.3. The second kappa shape index (κ2) is 8.81. The zero-order valence-electron chi connectivity index (χ0n) is 14.5. The van der Waals surface area contributed by atoms with Gasteiger partial charge in [-0.25, -0.2) is 4.99 Å². The molecule has 0 unspecified atom stereocenters. The van der Waals surface area contributed by atoms with E-state index in [0.29, 0.717) is 11.4 Å². The van der Waals surface area contributed by atoms with E-state index in [-0.39, 0.29) is 5.75 Å². The van der Waals surface area contributed by atoms with E-state index in [1.54, 1.807) is 18.5 Å². The quantitative estimate of drug-likeness (QED) is 0.480. The van der Waals surface area contributed by atoms with Gasteiger partial charge in [0.15, 0.2) is 0 Å². The standard InChI is InChI=1S/C19H21ClF2N2O/c1-4-24(3)12-23-18-11-16(20)10-15(13(18)2)9-14-5-7-17(8-6-14)25-19(21)22/h5-8,10-12,19H,4,9H2,1-3H3. The first-order valence-corrected chi connectivity index (χ1v) is 8.34. The largest absolute Gasteiger partial charge is 0.435 e. The van der Waals surface area contributed by atoms with Crippen molar-refractivity contribution in [3.63, 3.8) is 0 Å². The van der Waals surface area contributed by atoms with Crippen LogP contribution in [-0.2, 0) is 6.42 Å². The zero-order chi connectivity index (χ0) is 18.4. The van der Waals surface area contributed by atoms with Crippen LogP contribution in [0.3, 0.4) is 0 Å². The van der Waals surface area contributed by atoms with Crippen LogP contribution in [-0.4, -0.2) is 31.4 Å². The monoisotopic (exact) mass is 366 g/mol. The molecule has 0 amide bonds. The van der Waals surface area contributed by atoms with Gasteiger partial charge in [-0.05, 0) is 61.2 Å². The minimum absolute atomic E-state index is 0.148. The lowest BCUT2D eigenvalue weighted by molar-refractivity contribution is -0.0498. The molecule has 2 aromatic carbocycles. The maximum atomic E-state index is 12.2. The molecule has 0 saturated heterocycles. The molecule has 0 heterocycles. The summed E-state index contributed by atoms with van der Waals surface area (Å²) in [6, 6.07) is 10.4. The highest BCUT2D eigenvalue weighted by Crippen LogP contribution is 2.29. The Bertz CT molecular complexity index is 733. The van der Waals surface area contributed by atoms with Crippen LogP contribution in [0.2, 0.25) is 5.02 Å². The lowest BCUT2D eigenvalue weighted by atomic mass is 9.99. The van der Waals surface area contributed by atoms with E-state index in [9.17, 15) is 8.78 Å². The fourth-order valence-corrected chi connectivity index (χ4v) is 2.52. The van der Waals surface area contributed by atoms with Crippen LogP contribution in [0.1, 0.15) is 23.6 Å². The summed E-state index contributed by atoms with van der Waals surface area (Å²) in [6.07, 6.45) is 2.41. The van der Waals surface area contributed by atoms with Crippen molar-refractivity contribution in [2.24, 2.45) is 4.99 Å². The number of rotatable bonds is 7. The van der Waals surface area contributed by atoms with Crippen LogP contribution >= 0.6 is 11.6 Å². The Morgan fingerprint density at radius 3 is 2.52 bits per heavy atom. The maximum Gasteiger partial charge on any atom is 0.387 e. The van der Waals surface area contributed by atoms with Crippen LogP contribution in [0, 0.1) is 6.92 Å². The second-order valence-electron chi connectivity index (χ2n) is 5.73. The highest BCUT2D eigenvalue weighted by molar-refractivity contribution is 6.31. The Labute approximate surface area is 151 Å². The van der Waals surface area contributed by atoms with Gasteiger partial charge in [0.1, 0.15) is 5.75 Å². The van der Waals surface area contributed by atoms with Gasteiger partial charge in [-0.1, -0.05) is 23.7 Å². The van der Waals surface area contributed by atoms with Gasteiger partial charge in [0.25, 0.3) is 0 Å². The van der Waals surface area contributed by atoms with Crippen LogP contribution < -0.4 is 4.74 Å². The lowest BCUT2D eigenvalue weighted by Gasteiger charge is -2.12. The molecule has 0 fully saturated rings. The molecule has 0 atom stereocenters.